The van der Waals surface area contributed by atoms with Gasteiger partial charge in [-0.05, 0) is 60.5 Å². The monoisotopic (exact) mass is 336 g/mol. The molecular formula is C20H17FN2O2. The van der Waals surface area contributed by atoms with Gasteiger partial charge in [-0.3, -0.25) is 0 Å². The molecule has 25 heavy (non-hydrogen) atoms. The number of hydrogen-bond acceptors (Lipinski definition) is 3. The zero-order chi connectivity index (χ0) is 17.2. The van der Waals surface area contributed by atoms with Gasteiger partial charge in [0, 0.05) is 11.1 Å². The van der Waals surface area contributed by atoms with Crippen LogP contribution in [-0.4, -0.2) is 28.3 Å². The number of phenolic OH excluding ortho intramolecular Hbond substituents is 1. The number of phenols is 1. The number of nitrogens with zero attached hydrogens (tertiary/aromatic N) is 1. The standard InChI is InChI=1S/C20H17FN2O2/c21-16-5-1-13(2-6-16)18-19(14-9-11-25-12-10-14)23-20(22-18)15-3-7-17(24)8-4-15/h1-9,24H,10-12H2,(H,22,23). The van der Waals surface area contributed by atoms with Crippen molar-refractivity contribution in [1.82, 2.24) is 9.97 Å². The first-order chi connectivity index (χ1) is 12.2. The van der Waals surface area contributed by atoms with Crippen molar-refractivity contribution in [3.05, 3.63) is 66.1 Å². The first-order valence-electron chi connectivity index (χ1n) is 8.13. The highest BCUT2D eigenvalue weighted by Gasteiger charge is 2.18. The second kappa shape index (κ2) is 6.53. The van der Waals surface area contributed by atoms with Crippen molar-refractivity contribution in [3.63, 3.8) is 0 Å². The highest BCUT2D eigenvalue weighted by Crippen LogP contribution is 2.33. The molecule has 5 heteroatoms. The third-order valence-corrected chi connectivity index (χ3v) is 4.25. The molecule has 0 aliphatic carbocycles. The first-order valence-corrected chi connectivity index (χ1v) is 8.13. The predicted octanol–water partition coefficient (Wildman–Crippen LogP) is 4.39. The van der Waals surface area contributed by atoms with E-state index in [9.17, 15) is 9.50 Å². The Bertz CT molecular complexity index is 912. The van der Waals surface area contributed by atoms with Gasteiger partial charge < -0.3 is 14.8 Å². The quantitative estimate of drug-likeness (QED) is 0.746. The van der Waals surface area contributed by atoms with Crippen LogP contribution in [0.2, 0.25) is 0 Å². The first kappa shape index (κ1) is 15.6. The molecule has 1 aromatic heterocycles. The molecule has 4 rings (SSSR count). The third-order valence-electron chi connectivity index (χ3n) is 4.25. The molecule has 2 heterocycles. The van der Waals surface area contributed by atoms with Gasteiger partial charge >= 0.3 is 0 Å². The molecule has 0 amide bonds. The lowest BCUT2D eigenvalue weighted by Crippen LogP contribution is -2.04. The van der Waals surface area contributed by atoms with Crippen molar-refractivity contribution in [3.8, 4) is 28.4 Å². The molecular weight excluding hydrogens is 319 g/mol. The number of benzene rings is 2. The van der Waals surface area contributed by atoms with E-state index in [1.807, 2.05) is 18.2 Å². The summed E-state index contributed by atoms with van der Waals surface area (Å²) in [6, 6.07) is 13.2. The van der Waals surface area contributed by atoms with E-state index >= 15 is 0 Å². The topological polar surface area (TPSA) is 58.1 Å². The van der Waals surface area contributed by atoms with E-state index < -0.39 is 0 Å². The molecule has 126 valence electrons. The van der Waals surface area contributed by atoms with Crippen LogP contribution in [0.1, 0.15) is 12.1 Å². The SMILES string of the molecule is Oc1ccc(-c2nc(-c3ccc(F)cc3)c(C3=CCOCC3)[nH]2)cc1. The van der Waals surface area contributed by atoms with Crippen molar-refractivity contribution in [1.29, 1.82) is 0 Å². The van der Waals surface area contributed by atoms with E-state index in [0.717, 1.165) is 34.5 Å². The lowest BCUT2D eigenvalue weighted by molar-refractivity contribution is 0.161. The maximum absolute atomic E-state index is 13.3. The van der Waals surface area contributed by atoms with E-state index in [2.05, 4.69) is 4.98 Å². The van der Waals surface area contributed by atoms with Crippen LogP contribution in [0.3, 0.4) is 0 Å². The Kier molecular flexibility index (Phi) is 4.07. The van der Waals surface area contributed by atoms with E-state index in [4.69, 9.17) is 9.72 Å². The summed E-state index contributed by atoms with van der Waals surface area (Å²) in [4.78, 5) is 8.13. The Morgan fingerprint density at radius 3 is 2.40 bits per heavy atom. The molecule has 0 unspecified atom stereocenters. The molecule has 0 bridgehead atoms. The zero-order valence-corrected chi connectivity index (χ0v) is 13.5. The van der Waals surface area contributed by atoms with Crippen molar-refractivity contribution < 1.29 is 14.2 Å². The summed E-state index contributed by atoms with van der Waals surface area (Å²) in [5, 5.41) is 9.48. The fourth-order valence-corrected chi connectivity index (χ4v) is 2.93. The minimum Gasteiger partial charge on any atom is -0.508 e. The van der Waals surface area contributed by atoms with Crippen molar-refractivity contribution in [2.24, 2.45) is 0 Å². The van der Waals surface area contributed by atoms with Crippen LogP contribution in [0.15, 0.2) is 54.6 Å². The fourth-order valence-electron chi connectivity index (χ4n) is 2.93. The summed E-state index contributed by atoms with van der Waals surface area (Å²) in [6.45, 7) is 1.24. The highest BCUT2D eigenvalue weighted by atomic mass is 19.1. The molecule has 0 saturated carbocycles. The predicted molar refractivity (Wildman–Crippen MR) is 94.5 cm³/mol. The van der Waals surface area contributed by atoms with Gasteiger partial charge in [-0.15, -0.1) is 0 Å². The number of nitrogens with one attached hydrogen (secondary N) is 1. The van der Waals surface area contributed by atoms with Crippen molar-refractivity contribution in [2.75, 3.05) is 13.2 Å². The molecule has 0 saturated heterocycles. The van der Waals surface area contributed by atoms with Gasteiger partial charge in [0.05, 0.1) is 24.6 Å². The van der Waals surface area contributed by atoms with Crippen LogP contribution in [0.25, 0.3) is 28.2 Å². The summed E-state index contributed by atoms with van der Waals surface area (Å²) in [5.41, 5.74) is 4.59. The maximum Gasteiger partial charge on any atom is 0.138 e. The lowest BCUT2D eigenvalue weighted by Gasteiger charge is -2.13. The van der Waals surface area contributed by atoms with Crippen LogP contribution in [0.5, 0.6) is 5.75 Å². The van der Waals surface area contributed by atoms with E-state index in [1.165, 1.54) is 12.1 Å². The average molecular weight is 336 g/mol. The molecule has 1 aliphatic heterocycles. The Morgan fingerprint density at radius 2 is 1.72 bits per heavy atom. The number of aromatic amines is 1. The molecule has 3 aromatic rings. The summed E-state index contributed by atoms with van der Waals surface area (Å²) in [5.74, 6) is 0.646. The lowest BCUT2D eigenvalue weighted by atomic mass is 10.0. The summed E-state index contributed by atoms with van der Waals surface area (Å²) < 4.78 is 18.7. The molecule has 2 aromatic carbocycles. The smallest absolute Gasteiger partial charge is 0.138 e. The Balaban J connectivity index is 1.84. The number of halogens is 1. The van der Waals surface area contributed by atoms with Crippen LogP contribution >= 0.6 is 0 Å². The molecule has 4 nitrogen and oxygen atoms in total. The van der Waals surface area contributed by atoms with Crippen LogP contribution in [0, 0.1) is 5.82 Å². The van der Waals surface area contributed by atoms with Gasteiger partial charge in [0.25, 0.3) is 0 Å². The van der Waals surface area contributed by atoms with Crippen LogP contribution in [-0.2, 0) is 4.74 Å². The number of rotatable bonds is 3. The van der Waals surface area contributed by atoms with Gasteiger partial charge in [-0.1, -0.05) is 6.08 Å². The number of H-pyrrole nitrogens is 1. The third kappa shape index (κ3) is 3.19. The van der Waals surface area contributed by atoms with Gasteiger partial charge in [0.1, 0.15) is 17.4 Å². The van der Waals surface area contributed by atoms with Crippen LogP contribution in [0.4, 0.5) is 4.39 Å². The molecule has 0 atom stereocenters. The average Bonchev–Trinajstić information content (AvgIpc) is 3.09. The van der Waals surface area contributed by atoms with E-state index in [-0.39, 0.29) is 11.6 Å². The number of ether oxygens (including phenoxy) is 1. The second-order valence-corrected chi connectivity index (χ2v) is 5.92. The summed E-state index contributed by atoms with van der Waals surface area (Å²) in [6.07, 6.45) is 2.84. The molecule has 0 spiro atoms. The summed E-state index contributed by atoms with van der Waals surface area (Å²) >= 11 is 0. The number of hydrogen-bond donors (Lipinski definition) is 2. The normalized spacial score (nSPS) is 14.4. The zero-order valence-electron chi connectivity index (χ0n) is 13.5. The van der Waals surface area contributed by atoms with Gasteiger partial charge in [-0.25, -0.2) is 9.37 Å². The van der Waals surface area contributed by atoms with E-state index in [0.29, 0.717) is 19.0 Å². The largest absolute Gasteiger partial charge is 0.508 e. The van der Waals surface area contributed by atoms with E-state index in [1.54, 1.807) is 24.3 Å². The van der Waals surface area contributed by atoms with Gasteiger partial charge in [0.2, 0.25) is 0 Å². The van der Waals surface area contributed by atoms with Gasteiger partial charge in [-0.2, -0.15) is 0 Å². The Labute approximate surface area is 144 Å². The Hall–Kier alpha value is -2.92. The number of imidazole rings is 1. The Morgan fingerprint density at radius 1 is 1.00 bits per heavy atom. The van der Waals surface area contributed by atoms with Gasteiger partial charge in [0.15, 0.2) is 0 Å². The highest BCUT2D eigenvalue weighted by molar-refractivity contribution is 5.80. The van der Waals surface area contributed by atoms with Crippen molar-refractivity contribution >= 4 is 5.57 Å². The fraction of sp³-hybridized carbons (Fsp3) is 0.150. The number of aromatic hydroxyl groups is 1. The molecule has 1 aliphatic rings. The van der Waals surface area contributed by atoms with Crippen LogP contribution < -0.4 is 0 Å². The minimum atomic E-state index is -0.273. The maximum atomic E-state index is 13.3. The number of aromatic nitrogens is 2. The summed E-state index contributed by atoms with van der Waals surface area (Å²) in [7, 11) is 0. The molecule has 0 radical (unpaired) electrons. The molecule has 2 N–H and O–H groups in total. The second-order valence-electron chi connectivity index (χ2n) is 5.92. The molecule has 0 fully saturated rings. The minimum absolute atomic E-state index is 0.210. The van der Waals surface area contributed by atoms with Crippen molar-refractivity contribution in [2.45, 2.75) is 6.42 Å².